The Labute approximate surface area is 111 Å². The van der Waals surface area contributed by atoms with Crippen LogP contribution in [0.2, 0.25) is 0 Å². The minimum atomic E-state index is -1.18. The molecule has 0 heterocycles. The Morgan fingerprint density at radius 3 is 2.21 bits per heavy atom. The molecular weight excluding hydrogens is 248 g/mol. The molecule has 0 atom stereocenters. The van der Waals surface area contributed by atoms with Gasteiger partial charge in [0.15, 0.2) is 0 Å². The van der Waals surface area contributed by atoms with Gasteiger partial charge in [0.1, 0.15) is 6.42 Å². The van der Waals surface area contributed by atoms with Crippen LogP contribution in [0.5, 0.6) is 0 Å². The number of carboxylic acid groups (broad SMARTS) is 1. The Bertz CT molecular complexity index is 480. The van der Waals surface area contributed by atoms with Crippen LogP contribution in [0, 0.1) is 0 Å². The molecule has 0 unspecified atom stereocenters. The van der Waals surface area contributed by atoms with E-state index in [-0.39, 0.29) is 12.3 Å². The molecule has 0 aliphatic rings. The summed E-state index contributed by atoms with van der Waals surface area (Å²) in [5.74, 6) is -1.77. The summed E-state index contributed by atoms with van der Waals surface area (Å²) in [4.78, 5) is 34.5. The highest BCUT2D eigenvalue weighted by Crippen LogP contribution is 2.11. The van der Waals surface area contributed by atoms with Gasteiger partial charge in [0.25, 0.3) is 0 Å². The Kier molecular flexibility index (Phi) is 5.05. The SMILES string of the molecule is CN(C)C(=O)Cc1ccc(NC(=O)CC(=O)O)cc1. The number of carboxylic acids is 1. The number of anilines is 1. The Hall–Kier alpha value is -2.37. The maximum atomic E-state index is 11.5. The van der Waals surface area contributed by atoms with Crippen LogP contribution in [0.4, 0.5) is 5.69 Å². The number of carbonyl (C=O) groups excluding carboxylic acids is 2. The summed E-state index contributed by atoms with van der Waals surface area (Å²) in [7, 11) is 3.37. The van der Waals surface area contributed by atoms with E-state index in [9.17, 15) is 14.4 Å². The minimum absolute atomic E-state index is 0.0114. The number of hydrogen-bond acceptors (Lipinski definition) is 3. The predicted molar refractivity (Wildman–Crippen MR) is 69.7 cm³/mol. The summed E-state index contributed by atoms with van der Waals surface area (Å²) < 4.78 is 0. The molecule has 19 heavy (non-hydrogen) atoms. The van der Waals surface area contributed by atoms with Crippen molar-refractivity contribution in [3.05, 3.63) is 29.8 Å². The van der Waals surface area contributed by atoms with Crippen LogP contribution in [0.25, 0.3) is 0 Å². The van der Waals surface area contributed by atoms with E-state index in [0.29, 0.717) is 5.69 Å². The van der Waals surface area contributed by atoms with Gasteiger partial charge in [-0.05, 0) is 17.7 Å². The normalized spacial score (nSPS) is 9.79. The third-order valence-corrected chi connectivity index (χ3v) is 2.40. The number of benzene rings is 1. The third kappa shape index (κ3) is 5.20. The smallest absolute Gasteiger partial charge is 0.312 e. The molecule has 1 aromatic rings. The fourth-order valence-corrected chi connectivity index (χ4v) is 1.38. The summed E-state index contributed by atoms with van der Waals surface area (Å²) in [6.45, 7) is 0. The maximum Gasteiger partial charge on any atom is 0.312 e. The maximum absolute atomic E-state index is 11.5. The lowest BCUT2D eigenvalue weighted by Crippen LogP contribution is -2.23. The highest BCUT2D eigenvalue weighted by Gasteiger charge is 2.08. The molecule has 2 N–H and O–H groups in total. The second kappa shape index (κ2) is 6.53. The first-order valence-corrected chi connectivity index (χ1v) is 5.69. The molecule has 0 fully saturated rings. The van der Waals surface area contributed by atoms with Gasteiger partial charge in [-0.15, -0.1) is 0 Å². The average molecular weight is 264 g/mol. The summed E-state index contributed by atoms with van der Waals surface area (Å²) in [5, 5.41) is 10.9. The van der Waals surface area contributed by atoms with Crippen LogP contribution in [0.3, 0.4) is 0 Å². The molecular formula is C13H16N2O4. The molecule has 0 aromatic heterocycles. The lowest BCUT2D eigenvalue weighted by atomic mass is 10.1. The lowest BCUT2D eigenvalue weighted by molar-refractivity contribution is -0.139. The molecule has 6 nitrogen and oxygen atoms in total. The second-order valence-corrected chi connectivity index (χ2v) is 4.28. The van der Waals surface area contributed by atoms with Gasteiger partial charge < -0.3 is 15.3 Å². The van der Waals surface area contributed by atoms with Crippen molar-refractivity contribution in [2.24, 2.45) is 0 Å². The van der Waals surface area contributed by atoms with Crippen LogP contribution in [-0.4, -0.2) is 41.9 Å². The molecule has 0 aliphatic carbocycles. The number of likely N-dealkylation sites (N-methyl/N-ethyl adjacent to an activating group) is 1. The van der Waals surface area contributed by atoms with Crippen molar-refractivity contribution in [3.63, 3.8) is 0 Å². The zero-order valence-electron chi connectivity index (χ0n) is 10.8. The standard InChI is InChI=1S/C13H16N2O4/c1-15(2)12(17)7-9-3-5-10(6-4-9)14-11(16)8-13(18)19/h3-6H,7-8H2,1-2H3,(H,14,16)(H,18,19). The van der Waals surface area contributed by atoms with Gasteiger partial charge in [0.2, 0.25) is 11.8 Å². The quantitative estimate of drug-likeness (QED) is 0.768. The van der Waals surface area contributed by atoms with Crippen LogP contribution < -0.4 is 5.32 Å². The summed E-state index contributed by atoms with van der Waals surface area (Å²) in [6.07, 6.45) is -0.281. The molecule has 0 spiro atoms. The molecule has 6 heteroatoms. The van der Waals surface area contributed by atoms with Gasteiger partial charge in [-0.1, -0.05) is 12.1 Å². The Morgan fingerprint density at radius 2 is 1.74 bits per heavy atom. The summed E-state index contributed by atoms with van der Waals surface area (Å²) in [6, 6.07) is 6.71. The highest BCUT2D eigenvalue weighted by atomic mass is 16.4. The number of aliphatic carboxylic acids is 1. The monoisotopic (exact) mass is 264 g/mol. The zero-order valence-corrected chi connectivity index (χ0v) is 10.8. The van der Waals surface area contributed by atoms with Gasteiger partial charge in [0, 0.05) is 19.8 Å². The fraction of sp³-hybridized carbons (Fsp3) is 0.308. The zero-order chi connectivity index (χ0) is 14.4. The van der Waals surface area contributed by atoms with E-state index in [2.05, 4.69) is 5.32 Å². The van der Waals surface area contributed by atoms with E-state index in [1.165, 1.54) is 4.90 Å². The van der Waals surface area contributed by atoms with Crippen molar-refractivity contribution >= 4 is 23.5 Å². The molecule has 0 saturated carbocycles. The number of amides is 2. The van der Waals surface area contributed by atoms with E-state index >= 15 is 0 Å². The van der Waals surface area contributed by atoms with E-state index in [1.54, 1.807) is 38.4 Å². The van der Waals surface area contributed by atoms with E-state index in [4.69, 9.17) is 5.11 Å². The van der Waals surface area contributed by atoms with Gasteiger partial charge in [0.05, 0.1) is 6.42 Å². The number of nitrogens with one attached hydrogen (secondary N) is 1. The van der Waals surface area contributed by atoms with Gasteiger partial charge in [-0.25, -0.2) is 0 Å². The molecule has 0 aliphatic heterocycles. The van der Waals surface area contributed by atoms with Gasteiger partial charge >= 0.3 is 5.97 Å². The molecule has 1 aromatic carbocycles. The summed E-state index contributed by atoms with van der Waals surface area (Å²) in [5.41, 5.74) is 1.34. The topological polar surface area (TPSA) is 86.7 Å². The van der Waals surface area contributed by atoms with Crippen LogP contribution in [0.15, 0.2) is 24.3 Å². The number of hydrogen-bond donors (Lipinski definition) is 2. The van der Waals surface area contributed by atoms with Crippen molar-refractivity contribution in [2.45, 2.75) is 12.8 Å². The molecule has 0 radical (unpaired) electrons. The minimum Gasteiger partial charge on any atom is -0.481 e. The number of carbonyl (C=O) groups is 3. The van der Waals surface area contributed by atoms with Crippen molar-refractivity contribution in [1.29, 1.82) is 0 Å². The number of nitrogens with zero attached hydrogens (tertiary/aromatic N) is 1. The van der Waals surface area contributed by atoms with E-state index in [1.807, 2.05) is 0 Å². The van der Waals surface area contributed by atoms with Crippen LogP contribution in [-0.2, 0) is 20.8 Å². The molecule has 2 amide bonds. The van der Waals surface area contributed by atoms with Crippen LogP contribution >= 0.6 is 0 Å². The van der Waals surface area contributed by atoms with E-state index < -0.39 is 18.3 Å². The second-order valence-electron chi connectivity index (χ2n) is 4.28. The first-order valence-electron chi connectivity index (χ1n) is 5.69. The molecule has 102 valence electrons. The van der Waals surface area contributed by atoms with Crippen molar-refractivity contribution < 1.29 is 19.5 Å². The first kappa shape index (κ1) is 14.7. The predicted octanol–water partition coefficient (Wildman–Crippen LogP) is 0.730. The van der Waals surface area contributed by atoms with Crippen molar-refractivity contribution in [1.82, 2.24) is 4.90 Å². The van der Waals surface area contributed by atoms with Gasteiger partial charge in [-0.3, -0.25) is 14.4 Å². The Morgan fingerprint density at radius 1 is 1.16 bits per heavy atom. The molecule has 0 saturated heterocycles. The summed E-state index contributed by atoms with van der Waals surface area (Å²) >= 11 is 0. The Balaban J connectivity index is 2.59. The third-order valence-electron chi connectivity index (χ3n) is 2.40. The van der Waals surface area contributed by atoms with Crippen molar-refractivity contribution in [2.75, 3.05) is 19.4 Å². The van der Waals surface area contributed by atoms with Crippen LogP contribution in [0.1, 0.15) is 12.0 Å². The lowest BCUT2D eigenvalue weighted by Gasteiger charge is -2.10. The molecule has 0 bridgehead atoms. The number of rotatable bonds is 5. The first-order chi connectivity index (χ1) is 8.88. The van der Waals surface area contributed by atoms with E-state index in [0.717, 1.165) is 5.56 Å². The largest absolute Gasteiger partial charge is 0.481 e. The fourth-order valence-electron chi connectivity index (χ4n) is 1.38. The van der Waals surface area contributed by atoms with Gasteiger partial charge in [-0.2, -0.15) is 0 Å². The molecule has 1 rings (SSSR count). The van der Waals surface area contributed by atoms with Crippen molar-refractivity contribution in [3.8, 4) is 0 Å². The highest BCUT2D eigenvalue weighted by molar-refractivity contribution is 6.01. The average Bonchev–Trinajstić information content (AvgIpc) is 2.30.